The van der Waals surface area contributed by atoms with Crippen LogP contribution in [0.1, 0.15) is 21.9 Å². The molecule has 0 aliphatic rings. The molecule has 0 saturated carbocycles. The van der Waals surface area contributed by atoms with E-state index in [1.165, 1.54) is 24.6 Å². The fraction of sp³-hybridized carbons (Fsp3) is 0.0833. The molecule has 4 heterocycles. The Bertz CT molecular complexity index is 1570. The van der Waals surface area contributed by atoms with Crippen LogP contribution in [-0.4, -0.2) is 30.8 Å². The standard InChI is InChI=1S/C24H16F3N7O2/c25-24(26,27)17-5-1-4-15(32-17)12-31-22(35)20-21(28)34-19(23-30-9-10-36-23)18(33-20)14-6-7-16-13(11-14)3-2-8-29-16/h1-11H,12H2,(H2,28,34)(H,31,35). The van der Waals surface area contributed by atoms with Crippen molar-refractivity contribution >= 4 is 22.6 Å². The van der Waals surface area contributed by atoms with E-state index in [1.807, 2.05) is 12.1 Å². The first-order chi connectivity index (χ1) is 17.3. The molecule has 4 aromatic heterocycles. The molecular formula is C24H16F3N7O2. The Morgan fingerprint density at radius 3 is 2.61 bits per heavy atom. The maximum atomic E-state index is 12.9. The van der Waals surface area contributed by atoms with Gasteiger partial charge in [0.05, 0.1) is 24.0 Å². The molecule has 1 aromatic carbocycles. The predicted molar refractivity (Wildman–Crippen MR) is 123 cm³/mol. The van der Waals surface area contributed by atoms with E-state index < -0.39 is 17.8 Å². The molecule has 5 rings (SSSR count). The molecule has 0 aliphatic carbocycles. The summed E-state index contributed by atoms with van der Waals surface area (Å²) in [4.78, 5) is 33.6. The molecule has 1 amide bonds. The highest BCUT2D eigenvalue weighted by Gasteiger charge is 2.32. The Kier molecular flexibility index (Phi) is 5.76. The molecule has 0 aliphatic heterocycles. The van der Waals surface area contributed by atoms with Crippen molar-refractivity contribution in [1.82, 2.24) is 30.2 Å². The second-order valence-corrected chi connectivity index (χ2v) is 7.60. The van der Waals surface area contributed by atoms with E-state index in [-0.39, 0.29) is 41.0 Å². The van der Waals surface area contributed by atoms with Crippen molar-refractivity contribution in [2.24, 2.45) is 0 Å². The van der Waals surface area contributed by atoms with Crippen LogP contribution in [-0.2, 0) is 12.7 Å². The number of aromatic nitrogens is 5. The molecule has 0 unspecified atom stereocenters. The van der Waals surface area contributed by atoms with Crippen molar-refractivity contribution in [3.8, 4) is 22.8 Å². The molecule has 0 spiro atoms. The van der Waals surface area contributed by atoms with Gasteiger partial charge in [0.1, 0.15) is 17.7 Å². The van der Waals surface area contributed by atoms with Crippen molar-refractivity contribution in [1.29, 1.82) is 0 Å². The number of carbonyl (C=O) groups excluding carboxylic acids is 1. The lowest BCUT2D eigenvalue weighted by molar-refractivity contribution is -0.141. The number of halogens is 3. The Hall–Kier alpha value is -4.87. The number of nitrogens with one attached hydrogen (secondary N) is 1. The smallest absolute Gasteiger partial charge is 0.433 e. The lowest BCUT2D eigenvalue weighted by Gasteiger charge is -2.12. The maximum Gasteiger partial charge on any atom is 0.433 e. The van der Waals surface area contributed by atoms with Crippen LogP contribution in [0.25, 0.3) is 33.7 Å². The minimum absolute atomic E-state index is 0.0170. The molecule has 0 saturated heterocycles. The van der Waals surface area contributed by atoms with Crippen molar-refractivity contribution < 1.29 is 22.4 Å². The zero-order chi connectivity index (χ0) is 25.3. The van der Waals surface area contributed by atoms with Gasteiger partial charge < -0.3 is 15.5 Å². The van der Waals surface area contributed by atoms with Crippen molar-refractivity contribution in [2.45, 2.75) is 12.7 Å². The lowest BCUT2D eigenvalue weighted by Crippen LogP contribution is -2.26. The first kappa shape index (κ1) is 22.9. The van der Waals surface area contributed by atoms with Crippen LogP contribution in [0, 0.1) is 0 Å². The summed E-state index contributed by atoms with van der Waals surface area (Å²) in [5, 5.41) is 3.32. The molecule has 0 fully saturated rings. The number of oxazole rings is 1. The maximum absolute atomic E-state index is 12.9. The number of nitrogens with two attached hydrogens (primary N) is 1. The van der Waals surface area contributed by atoms with Crippen molar-refractivity contribution in [3.05, 3.63) is 84.3 Å². The molecule has 3 N–H and O–H groups in total. The second kappa shape index (κ2) is 9.06. The number of carbonyl (C=O) groups is 1. The van der Waals surface area contributed by atoms with Crippen LogP contribution >= 0.6 is 0 Å². The third kappa shape index (κ3) is 4.56. The third-order valence-corrected chi connectivity index (χ3v) is 5.18. The summed E-state index contributed by atoms with van der Waals surface area (Å²) in [6.45, 7) is -0.275. The number of alkyl halides is 3. The van der Waals surface area contributed by atoms with Crippen LogP contribution in [0.4, 0.5) is 19.0 Å². The topological polar surface area (TPSA) is 133 Å². The summed E-state index contributed by atoms with van der Waals surface area (Å²) < 4.78 is 44.2. The minimum atomic E-state index is -4.60. The number of benzene rings is 1. The predicted octanol–water partition coefficient (Wildman–Crippen LogP) is 4.27. The van der Waals surface area contributed by atoms with E-state index in [0.717, 1.165) is 17.0 Å². The number of nitrogens with zero attached hydrogens (tertiary/aromatic N) is 5. The highest BCUT2D eigenvalue weighted by atomic mass is 19.4. The van der Waals surface area contributed by atoms with Crippen LogP contribution < -0.4 is 11.1 Å². The highest BCUT2D eigenvalue weighted by molar-refractivity contribution is 5.98. The van der Waals surface area contributed by atoms with Gasteiger partial charge in [0.15, 0.2) is 17.2 Å². The summed E-state index contributed by atoms with van der Waals surface area (Å²) >= 11 is 0. The Balaban J connectivity index is 1.51. The van der Waals surface area contributed by atoms with Gasteiger partial charge in [-0.2, -0.15) is 13.2 Å². The number of hydrogen-bond donors (Lipinski definition) is 2. The average molecular weight is 491 g/mol. The second-order valence-electron chi connectivity index (χ2n) is 7.60. The molecule has 0 radical (unpaired) electrons. The van der Waals surface area contributed by atoms with Gasteiger partial charge in [-0.25, -0.2) is 19.9 Å². The van der Waals surface area contributed by atoms with Gasteiger partial charge >= 0.3 is 6.18 Å². The average Bonchev–Trinajstić information content (AvgIpc) is 3.41. The molecule has 5 aromatic rings. The zero-order valence-electron chi connectivity index (χ0n) is 18.3. The third-order valence-electron chi connectivity index (χ3n) is 5.18. The largest absolute Gasteiger partial charge is 0.443 e. The minimum Gasteiger partial charge on any atom is -0.443 e. The monoisotopic (exact) mass is 491 g/mol. The zero-order valence-corrected chi connectivity index (χ0v) is 18.3. The molecule has 180 valence electrons. The number of hydrogen-bond acceptors (Lipinski definition) is 8. The van der Waals surface area contributed by atoms with Crippen molar-refractivity contribution in [3.63, 3.8) is 0 Å². The van der Waals surface area contributed by atoms with Gasteiger partial charge in [-0.3, -0.25) is 9.78 Å². The summed E-state index contributed by atoms with van der Waals surface area (Å²) in [5.74, 6) is -0.790. The van der Waals surface area contributed by atoms with E-state index in [4.69, 9.17) is 10.2 Å². The summed E-state index contributed by atoms with van der Waals surface area (Å²) in [5.41, 5.74) is 6.64. The number of amides is 1. The van der Waals surface area contributed by atoms with Crippen LogP contribution in [0.2, 0.25) is 0 Å². The van der Waals surface area contributed by atoms with Crippen molar-refractivity contribution in [2.75, 3.05) is 5.73 Å². The normalized spacial score (nSPS) is 11.5. The first-order valence-electron chi connectivity index (χ1n) is 10.5. The fourth-order valence-electron chi connectivity index (χ4n) is 3.52. The van der Waals surface area contributed by atoms with Gasteiger partial charge in [0, 0.05) is 17.1 Å². The molecule has 36 heavy (non-hydrogen) atoms. The Morgan fingerprint density at radius 2 is 1.83 bits per heavy atom. The first-order valence-corrected chi connectivity index (χ1v) is 10.5. The number of fused-ring (bicyclic) bond motifs is 1. The summed E-state index contributed by atoms with van der Waals surface area (Å²) in [6.07, 6.45) is -0.130. The molecule has 0 bridgehead atoms. The van der Waals surface area contributed by atoms with Gasteiger partial charge in [-0.15, -0.1) is 0 Å². The quantitative estimate of drug-likeness (QED) is 0.372. The number of rotatable bonds is 5. The van der Waals surface area contributed by atoms with E-state index in [9.17, 15) is 18.0 Å². The lowest BCUT2D eigenvalue weighted by atomic mass is 10.1. The molecule has 0 atom stereocenters. The summed E-state index contributed by atoms with van der Waals surface area (Å²) in [7, 11) is 0. The fourth-order valence-corrected chi connectivity index (χ4v) is 3.52. The van der Waals surface area contributed by atoms with Gasteiger partial charge in [-0.1, -0.05) is 18.2 Å². The van der Waals surface area contributed by atoms with Gasteiger partial charge in [0.25, 0.3) is 5.91 Å². The summed E-state index contributed by atoms with van der Waals surface area (Å²) in [6, 6.07) is 12.5. The SMILES string of the molecule is Nc1nc(-c2ncco2)c(-c2ccc3ncccc3c2)nc1C(=O)NCc1cccc(C(F)(F)F)n1. The van der Waals surface area contributed by atoms with Gasteiger partial charge in [-0.05, 0) is 30.3 Å². The molecule has 12 heteroatoms. The van der Waals surface area contributed by atoms with E-state index in [1.54, 1.807) is 24.4 Å². The van der Waals surface area contributed by atoms with E-state index in [2.05, 4.69) is 30.2 Å². The van der Waals surface area contributed by atoms with Crippen LogP contribution in [0.3, 0.4) is 0 Å². The number of anilines is 1. The molecular weight excluding hydrogens is 475 g/mol. The Morgan fingerprint density at radius 1 is 0.972 bits per heavy atom. The number of nitrogen functional groups attached to an aromatic ring is 1. The van der Waals surface area contributed by atoms with E-state index in [0.29, 0.717) is 5.56 Å². The van der Waals surface area contributed by atoms with Crippen LogP contribution in [0.5, 0.6) is 0 Å². The van der Waals surface area contributed by atoms with Crippen LogP contribution in [0.15, 0.2) is 71.6 Å². The number of pyridine rings is 2. The molecule has 9 nitrogen and oxygen atoms in total. The van der Waals surface area contributed by atoms with Gasteiger partial charge in [0.2, 0.25) is 5.89 Å². The highest BCUT2D eigenvalue weighted by Crippen LogP contribution is 2.32. The van der Waals surface area contributed by atoms with E-state index >= 15 is 0 Å². The Labute approximate surface area is 201 Å².